The van der Waals surface area contributed by atoms with Gasteiger partial charge in [0.2, 0.25) is 0 Å². The van der Waals surface area contributed by atoms with E-state index in [2.05, 4.69) is 20.4 Å². The summed E-state index contributed by atoms with van der Waals surface area (Å²) in [7, 11) is 0. The van der Waals surface area contributed by atoms with Crippen LogP contribution in [0, 0.1) is 5.92 Å². The van der Waals surface area contributed by atoms with Crippen molar-refractivity contribution >= 4 is 41.5 Å². The van der Waals surface area contributed by atoms with Gasteiger partial charge in [0.1, 0.15) is 5.75 Å². The summed E-state index contributed by atoms with van der Waals surface area (Å²) in [5, 5.41) is 6.70. The second-order valence-electron chi connectivity index (χ2n) is 5.77. The molecule has 0 heterocycles. The summed E-state index contributed by atoms with van der Waals surface area (Å²) >= 11 is 5.94. The molecule has 1 fully saturated rings. The van der Waals surface area contributed by atoms with Crippen LogP contribution in [-0.2, 0) is 11.3 Å². The minimum atomic E-state index is -2.89. The lowest BCUT2D eigenvalue weighted by Crippen LogP contribution is -2.39. The van der Waals surface area contributed by atoms with Crippen LogP contribution in [0.15, 0.2) is 23.2 Å². The van der Waals surface area contributed by atoms with Gasteiger partial charge in [-0.05, 0) is 43.9 Å². The normalized spacial score (nSPS) is 14.1. The van der Waals surface area contributed by atoms with Crippen molar-refractivity contribution in [1.29, 1.82) is 0 Å². The van der Waals surface area contributed by atoms with Crippen molar-refractivity contribution in [1.82, 2.24) is 10.6 Å². The van der Waals surface area contributed by atoms with E-state index >= 15 is 0 Å². The van der Waals surface area contributed by atoms with Crippen molar-refractivity contribution in [3.8, 4) is 5.75 Å². The van der Waals surface area contributed by atoms with Crippen LogP contribution in [0.25, 0.3) is 0 Å². The minimum absolute atomic E-state index is 0. The summed E-state index contributed by atoms with van der Waals surface area (Å²) < 4.78 is 35.1. The number of nitrogens with zero attached hydrogens (tertiary/aromatic N) is 1. The van der Waals surface area contributed by atoms with Gasteiger partial charge in [0.25, 0.3) is 0 Å². The number of alkyl halides is 2. The second-order valence-corrected chi connectivity index (χ2v) is 6.21. The van der Waals surface area contributed by atoms with E-state index in [1.54, 1.807) is 6.07 Å². The van der Waals surface area contributed by atoms with Crippen molar-refractivity contribution in [2.75, 3.05) is 26.3 Å². The predicted octanol–water partition coefficient (Wildman–Crippen LogP) is 4.04. The van der Waals surface area contributed by atoms with E-state index in [9.17, 15) is 8.78 Å². The molecule has 0 aliphatic heterocycles. The highest BCUT2D eigenvalue weighted by Gasteiger charge is 2.20. The van der Waals surface area contributed by atoms with E-state index in [0.29, 0.717) is 36.2 Å². The number of rotatable bonds is 10. The summed E-state index contributed by atoms with van der Waals surface area (Å²) in [6.07, 6.45) is 2.53. The molecule has 0 atom stereocenters. The number of halogens is 4. The molecule has 2 N–H and O–H groups in total. The molecule has 1 aromatic rings. The summed E-state index contributed by atoms with van der Waals surface area (Å²) in [5.41, 5.74) is 0.495. The lowest BCUT2D eigenvalue weighted by molar-refractivity contribution is -0.0504. The van der Waals surface area contributed by atoms with Crippen LogP contribution < -0.4 is 15.4 Å². The van der Waals surface area contributed by atoms with Crippen molar-refractivity contribution < 1.29 is 18.3 Å². The van der Waals surface area contributed by atoms with Gasteiger partial charge >= 0.3 is 6.61 Å². The van der Waals surface area contributed by atoms with Gasteiger partial charge < -0.3 is 20.1 Å². The highest BCUT2D eigenvalue weighted by atomic mass is 127. The Labute approximate surface area is 174 Å². The first-order valence-electron chi connectivity index (χ1n) is 8.41. The maximum absolute atomic E-state index is 12.5. The molecule has 1 saturated carbocycles. The molecule has 0 amide bonds. The van der Waals surface area contributed by atoms with Gasteiger partial charge in [-0.3, -0.25) is 0 Å². The third-order valence-corrected chi connectivity index (χ3v) is 3.81. The smallest absolute Gasteiger partial charge is 0.387 e. The maximum Gasteiger partial charge on any atom is 0.387 e. The molecule has 0 radical (unpaired) electrons. The van der Waals surface area contributed by atoms with E-state index in [1.807, 2.05) is 6.92 Å². The highest BCUT2D eigenvalue weighted by Crippen LogP contribution is 2.28. The molecular weight excluding hydrogens is 479 g/mol. The van der Waals surface area contributed by atoms with E-state index in [-0.39, 0.29) is 36.3 Å². The van der Waals surface area contributed by atoms with Gasteiger partial charge in [-0.1, -0.05) is 11.6 Å². The van der Waals surface area contributed by atoms with E-state index in [0.717, 1.165) is 12.5 Å². The Morgan fingerprint density at radius 1 is 1.35 bits per heavy atom. The van der Waals surface area contributed by atoms with Crippen LogP contribution in [0.1, 0.15) is 25.3 Å². The number of aliphatic imine (C=N–C) groups is 1. The Bertz CT molecular complexity index is 575. The average Bonchev–Trinajstić information content (AvgIpc) is 3.38. The Morgan fingerprint density at radius 2 is 2.12 bits per heavy atom. The minimum Gasteiger partial charge on any atom is -0.434 e. The van der Waals surface area contributed by atoms with Gasteiger partial charge in [-0.15, -0.1) is 24.0 Å². The number of guanidine groups is 1. The standard InChI is InChI=1S/C17H24ClF2N3O2.HI/c1-2-21-17(22-7-8-24-11-12-3-4-12)23-10-13-9-14(18)5-6-15(13)25-16(19)20;/h5-6,9,12,16H,2-4,7-8,10-11H2,1H3,(H2,21,22,23);1H. The van der Waals surface area contributed by atoms with E-state index < -0.39 is 6.61 Å². The SMILES string of the molecule is CCNC(=NCc1cc(Cl)ccc1OC(F)F)NCCOCC1CC1.I. The first kappa shape index (κ1) is 23.2. The zero-order valence-corrected chi connectivity index (χ0v) is 17.7. The molecule has 1 aliphatic carbocycles. The van der Waals surface area contributed by atoms with Crippen LogP contribution >= 0.6 is 35.6 Å². The zero-order valence-electron chi connectivity index (χ0n) is 14.6. The fourth-order valence-electron chi connectivity index (χ4n) is 2.16. The fraction of sp³-hybridized carbons (Fsp3) is 0.588. The van der Waals surface area contributed by atoms with Crippen LogP contribution in [-0.4, -0.2) is 38.9 Å². The predicted molar refractivity (Wildman–Crippen MR) is 110 cm³/mol. The van der Waals surface area contributed by atoms with Gasteiger partial charge in [-0.2, -0.15) is 8.78 Å². The number of nitrogens with one attached hydrogen (secondary N) is 2. The van der Waals surface area contributed by atoms with Crippen molar-refractivity contribution in [2.24, 2.45) is 10.9 Å². The monoisotopic (exact) mass is 503 g/mol. The van der Waals surface area contributed by atoms with Gasteiger partial charge in [0, 0.05) is 30.3 Å². The first-order chi connectivity index (χ1) is 12.1. The molecule has 0 saturated heterocycles. The van der Waals surface area contributed by atoms with Crippen molar-refractivity contribution in [3.05, 3.63) is 28.8 Å². The summed E-state index contributed by atoms with van der Waals surface area (Å²) in [6, 6.07) is 4.50. The third-order valence-electron chi connectivity index (χ3n) is 3.58. The fourth-order valence-corrected chi connectivity index (χ4v) is 2.36. The van der Waals surface area contributed by atoms with Crippen LogP contribution in [0.4, 0.5) is 8.78 Å². The molecule has 2 rings (SSSR count). The molecule has 5 nitrogen and oxygen atoms in total. The molecule has 1 aliphatic rings. The molecule has 26 heavy (non-hydrogen) atoms. The lowest BCUT2D eigenvalue weighted by atomic mass is 10.2. The molecular formula is C17H25ClF2IN3O2. The van der Waals surface area contributed by atoms with Gasteiger partial charge in [0.15, 0.2) is 5.96 Å². The lowest BCUT2D eigenvalue weighted by Gasteiger charge is -2.13. The van der Waals surface area contributed by atoms with E-state index in [4.69, 9.17) is 16.3 Å². The quantitative estimate of drug-likeness (QED) is 0.219. The summed E-state index contributed by atoms with van der Waals surface area (Å²) in [4.78, 5) is 4.39. The molecule has 1 aromatic carbocycles. The summed E-state index contributed by atoms with van der Waals surface area (Å²) in [6.45, 7) is 1.94. The topological polar surface area (TPSA) is 54.9 Å². The summed E-state index contributed by atoms with van der Waals surface area (Å²) in [5.74, 6) is 1.39. The number of benzene rings is 1. The Kier molecular flexibility index (Phi) is 11.1. The third kappa shape index (κ3) is 9.18. The molecule has 148 valence electrons. The van der Waals surface area contributed by atoms with Gasteiger partial charge in [0.05, 0.1) is 13.2 Å². The van der Waals surface area contributed by atoms with Crippen molar-refractivity contribution in [3.63, 3.8) is 0 Å². The molecule has 0 aromatic heterocycles. The number of hydrogen-bond acceptors (Lipinski definition) is 3. The van der Waals surface area contributed by atoms with Crippen LogP contribution in [0.3, 0.4) is 0 Å². The molecule has 0 bridgehead atoms. The molecule has 9 heteroatoms. The van der Waals surface area contributed by atoms with Crippen molar-refractivity contribution in [2.45, 2.75) is 32.9 Å². The maximum atomic E-state index is 12.5. The Hall–Kier alpha value is -0.870. The zero-order chi connectivity index (χ0) is 18.1. The Morgan fingerprint density at radius 3 is 2.77 bits per heavy atom. The van der Waals surface area contributed by atoms with Gasteiger partial charge in [-0.25, -0.2) is 4.99 Å². The van der Waals surface area contributed by atoms with Crippen LogP contribution in [0.5, 0.6) is 5.75 Å². The average molecular weight is 504 g/mol. The molecule has 0 spiro atoms. The van der Waals surface area contributed by atoms with E-state index in [1.165, 1.54) is 25.0 Å². The number of hydrogen-bond donors (Lipinski definition) is 2. The number of ether oxygens (including phenoxy) is 2. The first-order valence-corrected chi connectivity index (χ1v) is 8.79. The highest BCUT2D eigenvalue weighted by molar-refractivity contribution is 14.0. The Balaban J connectivity index is 0.00000338. The largest absolute Gasteiger partial charge is 0.434 e. The van der Waals surface area contributed by atoms with Crippen LogP contribution in [0.2, 0.25) is 5.02 Å². The molecule has 0 unspecified atom stereocenters. The second kappa shape index (κ2) is 12.5.